The van der Waals surface area contributed by atoms with Crippen molar-refractivity contribution in [2.75, 3.05) is 33.4 Å². The zero-order chi connectivity index (χ0) is 15.7. The van der Waals surface area contributed by atoms with Crippen molar-refractivity contribution in [1.29, 1.82) is 0 Å². The van der Waals surface area contributed by atoms with Gasteiger partial charge in [-0.2, -0.15) is 0 Å². The number of methoxy groups -OCH3 is 1. The Morgan fingerprint density at radius 3 is 2.45 bits per heavy atom. The molecule has 2 heterocycles. The molecule has 0 N–H and O–H groups in total. The van der Waals surface area contributed by atoms with Gasteiger partial charge in [0, 0.05) is 31.0 Å². The number of hydrogen-bond acceptors (Lipinski definition) is 4. The predicted octanol–water partition coefficient (Wildman–Crippen LogP) is 2.98. The highest BCUT2D eigenvalue weighted by molar-refractivity contribution is 6.36. The molecule has 22 heavy (non-hydrogen) atoms. The van der Waals surface area contributed by atoms with E-state index in [2.05, 4.69) is 0 Å². The van der Waals surface area contributed by atoms with E-state index in [1.807, 2.05) is 0 Å². The maximum Gasteiger partial charge on any atom is 0.257 e. The number of carbonyl (C=O) groups excluding carboxylic acids is 1. The normalized spacial score (nSPS) is 20.4. The van der Waals surface area contributed by atoms with Crippen molar-refractivity contribution >= 4 is 29.1 Å². The molecule has 2 aliphatic heterocycles. The first-order valence-corrected chi connectivity index (χ1v) is 7.90. The minimum Gasteiger partial charge on any atom is -0.494 e. The van der Waals surface area contributed by atoms with Gasteiger partial charge in [0.2, 0.25) is 0 Å². The molecule has 1 spiro atoms. The van der Waals surface area contributed by atoms with Gasteiger partial charge in [0.15, 0.2) is 5.79 Å². The fourth-order valence-corrected chi connectivity index (χ4v) is 3.50. The van der Waals surface area contributed by atoms with Gasteiger partial charge in [-0.25, -0.2) is 0 Å². The van der Waals surface area contributed by atoms with Crippen LogP contribution in [-0.2, 0) is 9.47 Å². The van der Waals surface area contributed by atoms with E-state index in [0.29, 0.717) is 60.5 Å². The van der Waals surface area contributed by atoms with E-state index < -0.39 is 5.79 Å². The molecular formula is C15H17Cl2NO4. The lowest BCUT2D eigenvalue weighted by Crippen LogP contribution is -2.47. The molecule has 0 atom stereocenters. The Labute approximate surface area is 139 Å². The topological polar surface area (TPSA) is 48.0 Å². The Kier molecular flexibility index (Phi) is 4.50. The maximum atomic E-state index is 12.7. The summed E-state index contributed by atoms with van der Waals surface area (Å²) < 4.78 is 16.6. The highest BCUT2D eigenvalue weighted by Gasteiger charge is 2.41. The Hall–Kier alpha value is -1.01. The lowest BCUT2D eigenvalue weighted by atomic mass is 10.0. The van der Waals surface area contributed by atoms with Crippen molar-refractivity contribution in [3.05, 3.63) is 27.7 Å². The van der Waals surface area contributed by atoms with Gasteiger partial charge in [-0.05, 0) is 12.1 Å². The number of carbonyl (C=O) groups is 1. The molecule has 0 unspecified atom stereocenters. The molecule has 1 aromatic rings. The summed E-state index contributed by atoms with van der Waals surface area (Å²) >= 11 is 12.1. The highest BCUT2D eigenvalue weighted by Crippen LogP contribution is 2.35. The van der Waals surface area contributed by atoms with Crippen LogP contribution in [0.1, 0.15) is 23.2 Å². The van der Waals surface area contributed by atoms with E-state index in [4.69, 9.17) is 37.4 Å². The summed E-state index contributed by atoms with van der Waals surface area (Å²) in [5.41, 5.74) is 0.379. The smallest absolute Gasteiger partial charge is 0.257 e. The number of nitrogens with zero attached hydrogens (tertiary/aromatic N) is 1. The van der Waals surface area contributed by atoms with E-state index in [0.717, 1.165) is 0 Å². The van der Waals surface area contributed by atoms with Crippen LogP contribution in [0.3, 0.4) is 0 Å². The van der Waals surface area contributed by atoms with Crippen molar-refractivity contribution in [2.24, 2.45) is 0 Å². The number of rotatable bonds is 2. The highest BCUT2D eigenvalue weighted by atomic mass is 35.5. The molecule has 3 rings (SSSR count). The minimum absolute atomic E-state index is 0.144. The SMILES string of the molecule is COc1c(Cl)cc(Cl)cc1C(=O)N1CCC2(CC1)OCCO2. The van der Waals surface area contributed by atoms with E-state index in [9.17, 15) is 4.79 Å². The van der Waals surface area contributed by atoms with E-state index in [1.165, 1.54) is 7.11 Å². The van der Waals surface area contributed by atoms with Gasteiger partial charge in [0.1, 0.15) is 5.75 Å². The summed E-state index contributed by atoms with van der Waals surface area (Å²) in [7, 11) is 1.48. The van der Waals surface area contributed by atoms with Crippen LogP contribution in [-0.4, -0.2) is 50.0 Å². The van der Waals surface area contributed by atoms with Crippen LogP contribution in [0, 0.1) is 0 Å². The van der Waals surface area contributed by atoms with Crippen molar-refractivity contribution in [1.82, 2.24) is 4.90 Å². The maximum absolute atomic E-state index is 12.7. The van der Waals surface area contributed by atoms with Gasteiger partial charge in [0.05, 0.1) is 30.9 Å². The van der Waals surface area contributed by atoms with Crippen molar-refractivity contribution in [3.63, 3.8) is 0 Å². The second-order valence-corrected chi connectivity index (χ2v) is 6.21. The summed E-state index contributed by atoms with van der Waals surface area (Å²) in [6.45, 7) is 2.36. The van der Waals surface area contributed by atoms with Gasteiger partial charge >= 0.3 is 0 Å². The summed E-state index contributed by atoms with van der Waals surface area (Å²) in [4.78, 5) is 14.5. The first kappa shape index (κ1) is 15.9. The number of piperidine rings is 1. The third kappa shape index (κ3) is 2.91. The molecule has 0 radical (unpaired) electrons. The zero-order valence-corrected chi connectivity index (χ0v) is 13.7. The molecule has 1 aromatic carbocycles. The van der Waals surface area contributed by atoms with Gasteiger partial charge in [-0.15, -0.1) is 0 Å². The molecule has 0 aromatic heterocycles. The summed E-state index contributed by atoms with van der Waals surface area (Å²) in [6, 6.07) is 3.14. The quantitative estimate of drug-likeness (QED) is 0.826. The Morgan fingerprint density at radius 2 is 1.86 bits per heavy atom. The van der Waals surface area contributed by atoms with Crippen molar-refractivity contribution in [2.45, 2.75) is 18.6 Å². The fourth-order valence-electron chi connectivity index (χ4n) is 2.93. The molecule has 2 aliphatic rings. The molecule has 5 nitrogen and oxygen atoms in total. The third-order valence-corrected chi connectivity index (χ3v) is 4.57. The van der Waals surface area contributed by atoms with E-state index >= 15 is 0 Å². The first-order chi connectivity index (χ1) is 10.5. The lowest BCUT2D eigenvalue weighted by molar-refractivity contribution is -0.181. The average Bonchev–Trinajstić information content (AvgIpc) is 2.95. The second-order valence-electron chi connectivity index (χ2n) is 5.37. The zero-order valence-electron chi connectivity index (χ0n) is 12.2. The Bertz CT molecular complexity index is 577. The number of hydrogen-bond donors (Lipinski definition) is 0. The molecule has 2 fully saturated rings. The molecule has 1 amide bonds. The Balaban J connectivity index is 1.78. The molecule has 0 saturated carbocycles. The number of likely N-dealkylation sites (tertiary alicyclic amines) is 1. The van der Waals surface area contributed by atoms with Crippen LogP contribution >= 0.6 is 23.2 Å². The second kappa shape index (κ2) is 6.24. The molecule has 7 heteroatoms. The molecule has 2 saturated heterocycles. The summed E-state index contributed by atoms with van der Waals surface area (Å²) in [5, 5.41) is 0.736. The van der Waals surface area contributed by atoms with Gasteiger partial charge in [-0.3, -0.25) is 4.79 Å². The van der Waals surface area contributed by atoms with Crippen LogP contribution in [0.25, 0.3) is 0 Å². The van der Waals surface area contributed by atoms with Crippen LogP contribution < -0.4 is 4.74 Å². The summed E-state index contributed by atoms with van der Waals surface area (Å²) in [5.74, 6) is -0.300. The predicted molar refractivity (Wildman–Crippen MR) is 82.8 cm³/mol. The first-order valence-electron chi connectivity index (χ1n) is 7.15. The number of benzene rings is 1. The van der Waals surface area contributed by atoms with E-state index in [1.54, 1.807) is 17.0 Å². The largest absolute Gasteiger partial charge is 0.494 e. The molecular weight excluding hydrogens is 329 g/mol. The number of ether oxygens (including phenoxy) is 3. The molecule has 0 bridgehead atoms. The van der Waals surface area contributed by atoms with Crippen LogP contribution in [0.5, 0.6) is 5.75 Å². The standard InChI is InChI=1S/C15H17Cl2NO4/c1-20-13-11(8-10(16)9-12(13)17)14(19)18-4-2-15(3-5-18)21-6-7-22-15/h8-9H,2-7H2,1H3. The van der Waals surface area contributed by atoms with Crippen LogP contribution in [0.15, 0.2) is 12.1 Å². The minimum atomic E-state index is -0.507. The lowest BCUT2D eigenvalue weighted by Gasteiger charge is -2.37. The third-order valence-electron chi connectivity index (χ3n) is 4.07. The molecule has 0 aliphatic carbocycles. The number of halogens is 2. The van der Waals surface area contributed by atoms with Crippen molar-refractivity contribution < 1.29 is 19.0 Å². The Morgan fingerprint density at radius 1 is 1.23 bits per heavy atom. The number of amides is 1. The van der Waals surface area contributed by atoms with E-state index in [-0.39, 0.29) is 5.91 Å². The van der Waals surface area contributed by atoms with Crippen molar-refractivity contribution in [3.8, 4) is 5.75 Å². The van der Waals surface area contributed by atoms with Crippen LogP contribution in [0.4, 0.5) is 0 Å². The van der Waals surface area contributed by atoms with Gasteiger partial charge in [0.25, 0.3) is 5.91 Å². The van der Waals surface area contributed by atoms with Crippen LogP contribution in [0.2, 0.25) is 10.0 Å². The van der Waals surface area contributed by atoms with Gasteiger partial charge < -0.3 is 19.1 Å². The average molecular weight is 346 g/mol. The molecule has 120 valence electrons. The summed E-state index contributed by atoms with van der Waals surface area (Å²) in [6.07, 6.45) is 1.32. The fraction of sp³-hybridized carbons (Fsp3) is 0.533. The monoisotopic (exact) mass is 345 g/mol. The van der Waals surface area contributed by atoms with Gasteiger partial charge in [-0.1, -0.05) is 23.2 Å².